The molecular formula is C24H24F3N3O5S. The van der Waals surface area contributed by atoms with Crippen LogP contribution in [0, 0.1) is 11.3 Å². The SMILES string of the molecule is COc1ccc(CN2C(=O)N(c3ccc(C#N)c(C(F)(F)F)c3)[C@@H]3CC(OS(C)(=O)=O)CC[C@H]32)cc1. The fourth-order valence-corrected chi connectivity index (χ4v) is 5.59. The molecule has 192 valence electrons. The molecule has 1 heterocycles. The van der Waals surface area contributed by atoms with Gasteiger partial charge in [-0.2, -0.15) is 26.9 Å². The Balaban J connectivity index is 1.72. The lowest BCUT2D eigenvalue weighted by Crippen LogP contribution is -2.45. The molecule has 0 spiro atoms. The van der Waals surface area contributed by atoms with Crippen LogP contribution in [0.3, 0.4) is 0 Å². The molecule has 1 unspecified atom stereocenters. The van der Waals surface area contributed by atoms with Crippen LogP contribution in [-0.2, 0) is 27.0 Å². The molecule has 3 atom stereocenters. The Kier molecular flexibility index (Phi) is 6.90. The van der Waals surface area contributed by atoms with Gasteiger partial charge in [0.15, 0.2) is 0 Å². The minimum atomic E-state index is -4.79. The second-order valence-corrected chi connectivity index (χ2v) is 10.4. The predicted molar refractivity (Wildman–Crippen MR) is 124 cm³/mol. The van der Waals surface area contributed by atoms with Gasteiger partial charge in [-0.1, -0.05) is 12.1 Å². The zero-order valence-corrected chi connectivity index (χ0v) is 20.3. The molecule has 4 rings (SSSR count). The van der Waals surface area contributed by atoms with Crippen LogP contribution in [-0.4, -0.2) is 50.9 Å². The highest BCUT2D eigenvalue weighted by molar-refractivity contribution is 7.86. The van der Waals surface area contributed by atoms with Crippen LogP contribution in [0.5, 0.6) is 5.75 Å². The molecule has 1 aliphatic heterocycles. The van der Waals surface area contributed by atoms with Crippen LogP contribution < -0.4 is 9.64 Å². The molecule has 2 aliphatic rings. The summed E-state index contributed by atoms with van der Waals surface area (Å²) in [5, 5.41) is 9.14. The van der Waals surface area contributed by atoms with Gasteiger partial charge in [0, 0.05) is 12.2 Å². The Morgan fingerprint density at radius 2 is 1.81 bits per heavy atom. The van der Waals surface area contributed by atoms with Gasteiger partial charge in [-0.25, -0.2) is 4.79 Å². The van der Waals surface area contributed by atoms with E-state index in [1.165, 1.54) is 18.1 Å². The molecule has 2 aromatic rings. The predicted octanol–water partition coefficient (Wildman–Crippen LogP) is 4.29. The van der Waals surface area contributed by atoms with Gasteiger partial charge in [-0.05, 0) is 55.2 Å². The number of nitrogens with zero attached hydrogens (tertiary/aromatic N) is 3. The first-order valence-electron chi connectivity index (χ1n) is 11.1. The molecule has 0 radical (unpaired) electrons. The number of urea groups is 1. The maximum Gasteiger partial charge on any atom is 0.417 e. The molecule has 1 saturated carbocycles. The molecule has 2 fully saturated rings. The van der Waals surface area contributed by atoms with Crippen molar-refractivity contribution in [2.24, 2.45) is 0 Å². The summed E-state index contributed by atoms with van der Waals surface area (Å²) in [7, 11) is -2.23. The summed E-state index contributed by atoms with van der Waals surface area (Å²) in [5.74, 6) is 0.640. The van der Waals surface area contributed by atoms with E-state index >= 15 is 0 Å². The van der Waals surface area contributed by atoms with Gasteiger partial charge in [0.05, 0.1) is 48.7 Å². The third kappa shape index (κ3) is 5.27. The third-order valence-corrected chi connectivity index (χ3v) is 7.07. The number of alkyl halides is 3. The van der Waals surface area contributed by atoms with E-state index in [2.05, 4.69) is 0 Å². The summed E-state index contributed by atoms with van der Waals surface area (Å²) in [4.78, 5) is 16.5. The summed E-state index contributed by atoms with van der Waals surface area (Å²) < 4.78 is 74.7. The van der Waals surface area contributed by atoms with Gasteiger partial charge >= 0.3 is 12.2 Å². The first-order valence-corrected chi connectivity index (χ1v) is 13.0. The number of rotatable bonds is 6. The summed E-state index contributed by atoms with van der Waals surface area (Å²) in [6, 6.07) is 10.3. The summed E-state index contributed by atoms with van der Waals surface area (Å²) in [6.07, 6.45) is -3.66. The van der Waals surface area contributed by atoms with E-state index in [9.17, 15) is 26.4 Å². The van der Waals surface area contributed by atoms with Crippen LogP contribution >= 0.6 is 0 Å². The number of methoxy groups -OCH3 is 1. The smallest absolute Gasteiger partial charge is 0.417 e. The number of fused-ring (bicyclic) bond motifs is 1. The maximum atomic E-state index is 13.6. The van der Waals surface area contributed by atoms with Crippen molar-refractivity contribution in [2.45, 2.75) is 50.2 Å². The van der Waals surface area contributed by atoms with Crippen molar-refractivity contribution in [3.05, 3.63) is 59.2 Å². The normalized spacial score (nSPS) is 22.3. The lowest BCUT2D eigenvalue weighted by Gasteiger charge is -2.35. The first kappa shape index (κ1) is 25.8. The Labute approximate surface area is 206 Å². The summed E-state index contributed by atoms with van der Waals surface area (Å²) in [6.45, 7) is 0.209. The number of carbonyl (C=O) groups excluding carboxylic acids is 1. The van der Waals surface area contributed by atoms with Crippen molar-refractivity contribution < 1.29 is 35.3 Å². The van der Waals surface area contributed by atoms with Crippen molar-refractivity contribution in [1.82, 2.24) is 4.90 Å². The number of halogens is 3. The molecule has 8 nitrogen and oxygen atoms in total. The van der Waals surface area contributed by atoms with E-state index < -0.39 is 45.6 Å². The third-order valence-electron chi connectivity index (χ3n) is 6.45. The number of anilines is 1. The van der Waals surface area contributed by atoms with Gasteiger partial charge in [0.25, 0.3) is 10.1 Å². The Bertz CT molecular complexity index is 1290. The molecule has 2 amide bonds. The van der Waals surface area contributed by atoms with Crippen LogP contribution in [0.25, 0.3) is 0 Å². The number of amides is 2. The average Bonchev–Trinajstić information content (AvgIpc) is 3.08. The quantitative estimate of drug-likeness (QED) is 0.524. The van der Waals surface area contributed by atoms with Gasteiger partial charge < -0.3 is 9.64 Å². The Hall–Kier alpha value is -3.30. The largest absolute Gasteiger partial charge is 0.497 e. The molecule has 0 N–H and O–H groups in total. The zero-order valence-electron chi connectivity index (χ0n) is 19.5. The van der Waals surface area contributed by atoms with E-state index in [0.717, 1.165) is 24.0 Å². The molecule has 0 aromatic heterocycles. The maximum absolute atomic E-state index is 13.6. The number of hydrogen-bond acceptors (Lipinski definition) is 6. The van der Waals surface area contributed by atoms with Gasteiger partial charge in [0.1, 0.15) is 5.75 Å². The minimum Gasteiger partial charge on any atom is -0.497 e. The van der Waals surface area contributed by atoms with E-state index in [0.29, 0.717) is 18.6 Å². The van der Waals surface area contributed by atoms with E-state index in [1.54, 1.807) is 35.2 Å². The molecular weight excluding hydrogens is 499 g/mol. The van der Waals surface area contributed by atoms with Crippen molar-refractivity contribution in [1.29, 1.82) is 5.26 Å². The molecule has 12 heteroatoms. The second kappa shape index (κ2) is 9.63. The van der Waals surface area contributed by atoms with Crippen molar-refractivity contribution in [2.75, 3.05) is 18.3 Å². The molecule has 0 bridgehead atoms. The Morgan fingerprint density at radius 1 is 1.11 bits per heavy atom. The highest BCUT2D eigenvalue weighted by atomic mass is 32.2. The highest BCUT2D eigenvalue weighted by Crippen LogP contribution is 2.41. The van der Waals surface area contributed by atoms with Crippen LogP contribution in [0.4, 0.5) is 23.7 Å². The van der Waals surface area contributed by atoms with Crippen molar-refractivity contribution in [3.63, 3.8) is 0 Å². The second-order valence-electron chi connectivity index (χ2n) is 8.84. The monoisotopic (exact) mass is 523 g/mol. The number of nitriles is 1. The standard InChI is InChI=1S/C24H24F3N3O5S/c1-34-18-7-3-15(4-8-18)14-29-21-10-9-19(35-36(2,32)33)12-22(21)30(23(29)31)17-6-5-16(13-28)20(11-17)24(25,26)27/h3-8,11,19,21-22H,9-10,12,14H2,1-2H3/t19?,21-,22-/m1/s1. The molecule has 2 aromatic carbocycles. The number of ether oxygens (including phenoxy) is 1. The van der Waals surface area contributed by atoms with Gasteiger partial charge in [0.2, 0.25) is 0 Å². The summed E-state index contributed by atoms with van der Waals surface area (Å²) >= 11 is 0. The van der Waals surface area contributed by atoms with E-state index in [4.69, 9.17) is 14.2 Å². The molecule has 1 aliphatic carbocycles. The van der Waals surface area contributed by atoms with Crippen molar-refractivity contribution in [3.8, 4) is 11.8 Å². The lowest BCUT2D eigenvalue weighted by molar-refractivity contribution is -0.137. The lowest BCUT2D eigenvalue weighted by atomic mass is 9.87. The fraction of sp³-hybridized carbons (Fsp3) is 0.417. The minimum absolute atomic E-state index is 0.0152. The van der Waals surface area contributed by atoms with Crippen LogP contribution in [0.2, 0.25) is 0 Å². The van der Waals surface area contributed by atoms with E-state index in [-0.39, 0.29) is 24.7 Å². The average molecular weight is 524 g/mol. The number of benzene rings is 2. The Morgan fingerprint density at radius 3 is 2.39 bits per heavy atom. The topological polar surface area (TPSA) is 99.9 Å². The first-order chi connectivity index (χ1) is 16.9. The van der Waals surface area contributed by atoms with Gasteiger partial charge in [-0.15, -0.1) is 0 Å². The number of hydrogen-bond donors (Lipinski definition) is 0. The number of carbonyl (C=O) groups is 1. The summed E-state index contributed by atoms with van der Waals surface area (Å²) in [5.41, 5.74) is -0.903. The van der Waals surface area contributed by atoms with Crippen LogP contribution in [0.1, 0.15) is 36.0 Å². The van der Waals surface area contributed by atoms with Crippen molar-refractivity contribution >= 4 is 21.8 Å². The van der Waals surface area contributed by atoms with Crippen LogP contribution in [0.15, 0.2) is 42.5 Å². The van der Waals surface area contributed by atoms with Gasteiger partial charge in [-0.3, -0.25) is 9.08 Å². The molecule has 1 saturated heterocycles. The van der Waals surface area contributed by atoms with E-state index in [1.807, 2.05) is 0 Å². The molecule has 36 heavy (non-hydrogen) atoms. The highest BCUT2D eigenvalue weighted by Gasteiger charge is 2.50. The fourth-order valence-electron chi connectivity index (χ4n) is 4.92. The zero-order chi connectivity index (χ0) is 26.3.